The Kier molecular flexibility index (Phi) is 11.0. The van der Waals surface area contributed by atoms with Crippen molar-refractivity contribution in [2.24, 2.45) is 21.8 Å². The molecule has 56 heavy (non-hydrogen) atoms. The van der Waals surface area contributed by atoms with Crippen LogP contribution in [0.2, 0.25) is 0 Å². The summed E-state index contributed by atoms with van der Waals surface area (Å²) in [7, 11) is 0. The smallest absolute Gasteiger partial charge is 0.288 e. The molecule has 2 N–H and O–H groups in total. The number of aliphatic imine (C=N–C) groups is 2. The summed E-state index contributed by atoms with van der Waals surface area (Å²) >= 11 is 0. The van der Waals surface area contributed by atoms with E-state index < -0.39 is 0 Å². The number of hydrogen-bond acceptors (Lipinski definition) is 8. The summed E-state index contributed by atoms with van der Waals surface area (Å²) in [6.45, 7) is 7.40. The minimum Gasteiger partial charge on any atom is -0.460 e. The molecule has 0 bridgehead atoms. The minimum atomic E-state index is -0.210. The van der Waals surface area contributed by atoms with E-state index in [4.69, 9.17) is 19.5 Å². The molecule has 292 valence electrons. The van der Waals surface area contributed by atoms with Crippen LogP contribution < -0.4 is 10.6 Å². The number of ether oxygens (including phenoxy) is 2. The van der Waals surface area contributed by atoms with Crippen LogP contribution in [-0.4, -0.2) is 86.4 Å². The number of halogens is 2. The topological polar surface area (TPSA) is 73.7 Å². The molecule has 6 aliphatic rings. The number of benzene rings is 4. The number of amidine groups is 2. The number of hydrogen-bond donors (Lipinski definition) is 2. The van der Waals surface area contributed by atoms with E-state index in [-0.39, 0.29) is 35.9 Å². The van der Waals surface area contributed by atoms with Gasteiger partial charge >= 0.3 is 0 Å². The maximum absolute atomic E-state index is 13.5. The van der Waals surface area contributed by atoms with Crippen molar-refractivity contribution in [1.82, 2.24) is 20.4 Å². The number of rotatable bonds is 4. The van der Waals surface area contributed by atoms with Gasteiger partial charge in [-0.2, -0.15) is 0 Å². The van der Waals surface area contributed by atoms with E-state index in [1.807, 2.05) is 24.3 Å². The van der Waals surface area contributed by atoms with Gasteiger partial charge in [0.2, 0.25) is 0 Å². The van der Waals surface area contributed by atoms with Crippen LogP contribution in [0.4, 0.5) is 8.78 Å². The van der Waals surface area contributed by atoms with Crippen LogP contribution in [0.3, 0.4) is 0 Å². The highest BCUT2D eigenvalue weighted by molar-refractivity contribution is 5.78. The predicted octanol–water partition coefficient (Wildman–Crippen LogP) is 7.06. The van der Waals surface area contributed by atoms with Gasteiger partial charge in [0.05, 0.1) is 25.2 Å². The third-order valence-electron chi connectivity index (χ3n) is 12.5. The maximum atomic E-state index is 13.5. The lowest BCUT2D eigenvalue weighted by atomic mass is 9.88. The van der Waals surface area contributed by atoms with Crippen LogP contribution in [0.5, 0.6) is 0 Å². The molecule has 0 radical (unpaired) electrons. The highest BCUT2D eigenvalue weighted by Crippen LogP contribution is 2.39. The van der Waals surface area contributed by atoms with Crippen molar-refractivity contribution in [3.05, 3.63) is 142 Å². The Labute approximate surface area is 329 Å². The fourth-order valence-electron chi connectivity index (χ4n) is 9.51. The third kappa shape index (κ3) is 7.78. The molecule has 6 aliphatic heterocycles. The molecular weight excluding hydrogens is 707 g/mol. The molecule has 0 unspecified atom stereocenters. The van der Waals surface area contributed by atoms with Gasteiger partial charge in [0.25, 0.3) is 12.0 Å². The molecule has 4 aromatic rings. The molecule has 0 amide bonds. The average Bonchev–Trinajstić information content (AvgIpc) is 3.96. The van der Waals surface area contributed by atoms with Gasteiger partial charge in [-0.05, 0) is 109 Å². The van der Waals surface area contributed by atoms with Gasteiger partial charge in [-0.1, -0.05) is 72.8 Å². The summed E-state index contributed by atoms with van der Waals surface area (Å²) in [5.41, 5.74) is 7.36. The van der Waals surface area contributed by atoms with E-state index >= 15 is 0 Å². The molecular formula is C46H52F2N6O2. The summed E-state index contributed by atoms with van der Waals surface area (Å²) in [6, 6.07) is 32.3. The number of piperidine rings is 2. The van der Waals surface area contributed by atoms with Crippen molar-refractivity contribution in [2.45, 2.75) is 62.8 Å². The molecule has 0 spiro atoms. The van der Waals surface area contributed by atoms with E-state index in [1.165, 1.54) is 47.9 Å². The largest absolute Gasteiger partial charge is 0.460 e. The predicted molar refractivity (Wildman–Crippen MR) is 216 cm³/mol. The molecule has 6 heterocycles. The Hall–Kier alpha value is -4.80. The first-order valence-electron chi connectivity index (χ1n) is 20.6. The highest BCUT2D eigenvalue weighted by Gasteiger charge is 2.39. The second-order valence-electron chi connectivity index (χ2n) is 16.0. The normalized spacial score (nSPS) is 27.1. The number of nitrogens with zero attached hydrogens (tertiary/aromatic N) is 4. The summed E-state index contributed by atoms with van der Waals surface area (Å²) < 4.78 is 39.9. The maximum Gasteiger partial charge on any atom is 0.288 e. The molecule has 2 fully saturated rings. The van der Waals surface area contributed by atoms with Gasteiger partial charge in [-0.3, -0.25) is 0 Å². The molecule has 2 saturated heterocycles. The minimum absolute atomic E-state index is 0.00697. The van der Waals surface area contributed by atoms with Gasteiger partial charge in [0.15, 0.2) is 0 Å². The Morgan fingerprint density at radius 2 is 0.982 bits per heavy atom. The first-order chi connectivity index (χ1) is 27.6. The fraction of sp³-hybridized carbons (Fsp3) is 0.435. The van der Waals surface area contributed by atoms with Crippen LogP contribution in [0.1, 0.15) is 71.1 Å². The Balaban J connectivity index is 0.000000146. The quantitative estimate of drug-likeness (QED) is 0.233. The average molecular weight is 759 g/mol. The molecule has 6 atom stereocenters. The molecule has 8 nitrogen and oxygen atoms in total. The molecule has 0 aromatic heterocycles. The zero-order chi connectivity index (χ0) is 37.8. The summed E-state index contributed by atoms with van der Waals surface area (Å²) in [5.74, 6) is 0.630. The zero-order valence-corrected chi connectivity index (χ0v) is 32.0. The van der Waals surface area contributed by atoms with Crippen LogP contribution in [0, 0.1) is 23.5 Å². The van der Waals surface area contributed by atoms with Crippen LogP contribution in [-0.2, 0) is 22.3 Å². The number of fused-ring (bicyclic) bond motifs is 2. The zero-order valence-electron chi connectivity index (χ0n) is 32.0. The van der Waals surface area contributed by atoms with E-state index in [0.29, 0.717) is 11.8 Å². The lowest BCUT2D eigenvalue weighted by Gasteiger charge is -2.39. The first kappa shape index (κ1) is 36.8. The van der Waals surface area contributed by atoms with Crippen molar-refractivity contribution in [1.29, 1.82) is 0 Å². The van der Waals surface area contributed by atoms with Crippen molar-refractivity contribution in [2.75, 3.05) is 52.4 Å². The molecule has 4 aromatic carbocycles. The Morgan fingerprint density at radius 3 is 1.39 bits per heavy atom. The lowest BCUT2D eigenvalue weighted by molar-refractivity contribution is 0.104. The van der Waals surface area contributed by atoms with Crippen LogP contribution in [0.25, 0.3) is 0 Å². The Bertz CT molecular complexity index is 1870. The summed E-state index contributed by atoms with van der Waals surface area (Å²) in [4.78, 5) is 14.1. The van der Waals surface area contributed by atoms with E-state index in [9.17, 15) is 8.78 Å². The van der Waals surface area contributed by atoms with Crippen LogP contribution in [0.15, 0.2) is 107 Å². The number of nitrogens with one attached hydrogen (secondary N) is 2. The molecule has 0 aliphatic carbocycles. The van der Waals surface area contributed by atoms with Gasteiger partial charge in [0, 0.05) is 38.0 Å². The highest BCUT2D eigenvalue weighted by atomic mass is 19.1. The van der Waals surface area contributed by atoms with Gasteiger partial charge in [0.1, 0.15) is 23.8 Å². The summed E-state index contributed by atoms with van der Waals surface area (Å²) in [6.07, 6.45) is 7.06. The Morgan fingerprint density at radius 1 is 0.554 bits per heavy atom. The summed E-state index contributed by atoms with van der Waals surface area (Å²) in [5, 5.41) is 6.96. The third-order valence-corrected chi connectivity index (χ3v) is 12.5. The van der Waals surface area contributed by atoms with Crippen molar-refractivity contribution in [3.8, 4) is 0 Å². The standard InChI is InChI=1S/2C23H26FN3O/c2*24-19-9-7-17(8-10-19)22-20-6-2-1-4-16(20)11-13-27(22)23-26-15-21(28-23)18-5-3-12-25-14-18/h2*1-2,4,6-10,18,21-22,25H,3,5,11-15H2/t18-,21+,22+;18-,21-,22-/m10/s1. The molecule has 10 heteroatoms. The van der Waals surface area contributed by atoms with Crippen molar-refractivity contribution in [3.63, 3.8) is 0 Å². The fourth-order valence-corrected chi connectivity index (χ4v) is 9.51. The van der Waals surface area contributed by atoms with E-state index in [1.54, 1.807) is 24.3 Å². The van der Waals surface area contributed by atoms with Gasteiger partial charge < -0.3 is 29.9 Å². The van der Waals surface area contributed by atoms with Gasteiger partial charge in [-0.15, -0.1) is 0 Å². The second kappa shape index (κ2) is 16.7. The first-order valence-corrected chi connectivity index (χ1v) is 20.6. The van der Waals surface area contributed by atoms with Gasteiger partial charge in [-0.25, -0.2) is 18.8 Å². The van der Waals surface area contributed by atoms with Crippen molar-refractivity contribution >= 4 is 12.0 Å². The monoisotopic (exact) mass is 758 g/mol. The SMILES string of the molecule is Fc1ccc([C@H]2c3ccccc3CCN2C2=NC[C@@H]([C@@H]3CCCNC3)O2)cc1.Fc1ccc([C@H]2c3ccccc3CCN2C2=NC[C@@H]([C@H]3CCCNC3)O2)cc1. The van der Waals surface area contributed by atoms with Crippen LogP contribution >= 0.6 is 0 Å². The molecule has 0 saturated carbocycles. The van der Waals surface area contributed by atoms with E-state index in [0.717, 1.165) is 88.4 Å². The second-order valence-corrected chi connectivity index (χ2v) is 16.0. The van der Waals surface area contributed by atoms with Crippen molar-refractivity contribution < 1.29 is 18.3 Å². The molecule has 10 rings (SSSR count). The lowest BCUT2D eigenvalue weighted by Crippen LogP contribution is -2.43. The van der Waals surface area contributed by atoms with E-state index in [2.05, 4.69) is 69.0 Å².